The van der Waals surface area contributed by atoms with Crippen LogP contribution in [0.3, 0.4) is 0 Å². The number of amides is 2. The van der Waals surface area contributed by atoms with Crippen molar-refractivity contribution in [2.24, 2.45) is 22.9 Å². The Kier molecular flexibility index (Phi) is 15.9. The van der Waals surface area contributed by atoms with Gasteiger partial charge >= 0.3 is 0 Å². The van der Waals surface area contributed by atoms with Crippen molar-refractivity contribution in [2.45, 2.75) is 50.6 Å². The molecule has 0 fully saturated rings. The number of rotatable bonds is 22. The van der Waals surface area contributed by atoms with Crippen LogP contribution in [-0.2, 0) is 9.59 Å². The third-order valence-electron chi connectivity index (χ3n) is 8.61. The van der Waals surface area contributed by atoms with E-state index in [4.69, 9.17) is 22.9 Å². The first-order valence-corrected chi connectivity index (χ1v) is 17.0. The van der Waals surface area contributed by atoms with Gasteiger partial charge in [-0.2, -0.15) is 0 Å². The van der Waals surface area contributed by atoms with Crippen LogP contribution in [0.1, 0.15) is 70.4 Å². The fourth-order valence-corrected chi connectivity index (χ4v) is 5.95. The van der Waals surface area contributed by atoms with Gasteiger partial charge in [-0.1, -0.05) is 12.8 Å². The Morgan fingerprint density at radius 2 is 1.00 bits per heavy atom. The maximum Gasteiger partial charge on any atom is 0.239 e. The Morgan fingerprint density at radius 3 is 1.34 bits per heavy atom. The molecule has 0 unspecified atom stereocenters. The lowest BCUT2D eigenvalue weighted by Gasteiger charge is -2.28. The molecule has 0 aromatic heterocycles. The number of nitrogens with one attached hydrogen (secondary N) is 2. The van der Waals surface area contributed by atoms with Crippen molar-refractivity contribution < 1.29 is 39.6 Å². The monoisotopic (exact) mass is 700 g/mol. The Balaban J connectivity index is 1.87. The van der Waals surface area contributed by atoms with Gasteiger partial charge in [0.25, 0.3) is 0 Å². The van der Waals surface area contributed by atoms with Crippen molar-refractivity contribution in [3.63, 3.8) is 0 Å². The van der Waals surface area contributed by atoms with Crippen LogP contribution >= 0.6 is 0 Å². The summed E-state index contributed by atoms with van der Waals surface area (Å²) in [5.74, 6) is -3.05. The molecule has 2 amide bonds. The number of hydrogen-bond acceptors (Lipinski definition) is 14. The number of hydrogen-bond donors (Lipinski definition) is 10. The van der Waals surface area contributed by atoms with Crippen molar-refractivity contribution in [1.29, 1.82) is 0 Å². The van der Waals surface area contributed by atoms with Crippen molar-refractivity contribution >= 4 is 34.8 Å². The molecular formula is C34H52N8O8. The number of carbonyl (C=O) groups excluding carboxylic acids is 4. The van der Waals surface area contributed by atoms with E-state index in [1.165, 1.54) is 9.80 Å². The number of aliphatic hydroxyl groups is 2. The first-order chi connectivity index (χ1) is 24.0. The maximum absolute atomic E-state index is 13.9. The van der Waals surface area contributed by atoms with E-state index >= 15 is 0 Å². The zero-order valence-electron chi connectivity index (χ0n) is 28.4. The predicted molar refractivity (Wildman–Crippen MR) is 189 cm³/mol. The molecule has 2 aromatic carbocycles. The molecule has 0 spiro atoms. The minimum Gasteiger partial charge on any atom is -0.507 e. The van der Waals surface area contributed by atoms with Gasteiger partial charge in [-0.25, -0.2) is 0 Å². The minimum absolute atomic E-state index is 0.0401. The average molecular weight is 701 g/mol. The summed E-state index contributed by atoms with van der Waals surface area (Å²) in [6.07, 6.45) is 3.69. The van der Waals surface area contributed by atoms with Gasteiger partial charge in [0, 0.05) is 50.6 Å². The number of unbranched alkanes of at least 4 members (excludes halogenated alkanes) is 2. The van der Waals surface area contributed by atoms with E-state index in [1.54, 1.807) is 12.1 Å². The zero-order chi connectivity index (χ0) is 36.8. The predicted octanol–water partition coefficient (Wildman–Crippen LogP) is -0.749. The van der Waals surface area contributed by atoms with Crippen LogP contribution in [0.5, 0.6) is 11.5 Å². The van der Waals surface area contributed by atoms with Gasteiger partial charge in [0.05, 0.1) is 47.6 Å². The van der Waals surface area contributed by atoms with E-state index in [1.807, 2.05) is 0 Å². The second-order valence-electron chi connectivity index (χ2n) is 12.2. The Labute approximate surface area is 291 Å². The summed E-state index contributed by atoms with van der Waals surface area (Å²) in [5, 5.41) is 46.6. The number of nitrogens with zero attached hydrogens (tertiary/aromatic N) is 2. The number of carbonyl (C=O) groups is 4. The summed E-state index contributed by atoms with van der Waals surface area (Å²) < 4.78 is 0. The molecule has 1 aliphatic carbocycles. The molecule has 0 radical (unpaired) electrons. The number of fused-ring (bicyclic) bond motifs is 2. The Bertz CT molecular complexity index is 1380. The molecule has 0 saturated carbocycles. The molecule has 3 rings (SSSR count). The van der Waals surface area contributed by atoms with Crippen LogP contribution in [0.15, 0.2) is 24.3 Å². The number of phenolic OH excluding ortho intramolecular Hbond substituents is 2. The van der Waals surface area contributed by atoms with E-state index in [9.17, 15) is 39.6 Å². The third kappa shape index (κ3) is 9.89. The molecule has 276 valence electrons. The van der Waals surface area contributed by atoms with Crippen molar-refractivity contribution in [3.05, 3.63) is 46.5 Å². The van der Waals surface area contributed by atoms with E-state index in [0.29, 0.717) is 38.8 Å². The molecule has 16 heteroatoms. The van der Waals surface area contributed by atoms with E-state index in [0.717, 1.165) is 25.0 Å². The first kappa shape index (κ1) is 40.1. The van der Waals surface area contributed by atoms with Gasteiger partial charge in [-0.3, -0.25) is 19.2 Å². The van der Waals surface area contributed by atoms with Crippen LogP contribution < -0.4 is 33.6 Å². The molecule has 16 nitrogen and oxygen atoms in total. The van der Waals surface area contributed by atoms with Gasteiger partial charge in [0.15, 0.2) is 0 Å². The first-order valence-electron chi connectivity index (χ1n) is 17.0. The molecule has 2 aromatic rings. The highest BCUT2D eigenvalue weighted by molar-refractivity contribution is 6.33. The molecule has 0 heterocycles. The highest BCUT2D eigenvalue weighted by atomic mass is 16.3. The lowest BCUT2D eigenvalue weighted by Crippen LogP contribution is -2.46. The van der Waals surface area contributed by atoms with E-state index in [2.05, 4.69) is 10.6 Å². The SMILES string of the molecule is NCCCC[C@@H](N)C(=O)N(CCO)CCNc1ccc(NCCN(CCO)C(=O)[C@@H](N)CCCCN)c2c1C(=O)c1c(O)ccc(O)c1C2=O. The van der Waals surface area contributed by atoms with Crippen LogP contribution in [0.4, 0.5) is 11.4 Å². The number of aliphatic hydroxyl groups excluding tert-OH is 2. The number of phenols is 2. The van der Waals surface area contributed by atoms with Crippen LogP contribution in [-0.4, -0.2) is 131 Å². The summed E-state index contributed by atoms with van der Waals surface area (Å²) >= 11 is 0. The molecule has 14 N–H and O–H groups in total. The normalized spacial score (nSPS) is 13.3. The summed E-state index contributed by atoms with van der Waals surface area (Å²) in [4.78, 5) is 56.7. The minimum atomic E-state index is -0.770. The van der Waals surface area contributed by atoms with Gasteiger partial charge in [-0.05, 0) is 63.0 Å². The fraction of sp³-hybridized carbons (Fsp3) is 0.529. The summed E-state index contributed by atoms with van der Waals surface area (Å²) in [6, 6.07) is 3.85. The molecule has 2 atom stereocenters. The second kappa shape index (κ2) is 19.8. The summed E-state index contributed by atoms with van der Waals surface area (Å²) in [5.41, 5.74) is 23.0. The number of anilines is 2. The second-order valence-corrected chi connectivity index (χ2v) is 12.2. The molecule has 50 heavy (non-hydrogen) atoms. The van der Waals surface area contributed by atoms with E-state index < -0.39 is 35.1 Å². The fourth-order valence-electron chi connectivity index (χ4n) is 5.95. The number of ketones is 2. The lowest BCUT2D eigenvalue weighted by atomic mass is 9.81. The summed E-state index contributed by atoms with van der Waals surface area (Å²) in [6.45, 7) is 0.945. The van der Waals surface area contributed by atoms with Crippen LogP contribution in [0, 0.1) is 0 Å². The third-order valence-corrected chi connectivity index (χ3v) is 8.61. The largest absolute Gasteiger partial charge is 0.507 e. The number of benzene rings is 2. The number of nitrogens with two attached hydrogens (primary N) is 4. The van der Waals surface area contributed by atoms with Gasteiger partial charge < -0.3 is 63.8 Å². The Morgan fingerprint density at radius 1 is 0.620 bits per heavy atom. The quantitative estimate of drug-likeness (QED) is 0.0456. The molecule has 0 bridgehead atoms. The Hall–Kier alpha value is -4.32. The van der Waals surface area contributed by atoms with Gasteiger partial charge in [0.2, 0.25) is 23.4 Å². The smallest absolute Gasteiger partial charge is 0.239 e. The van der Waals surface area contributed by atoms with Crippen LogP contribution in [0.25, 0.3) is 0 Å². The zero-order valence-corrected chi connectivity index (χ0v) is 28.4. The molecular weight excluding hydrogens is 648 g/mol. The average Bonchev–Trinajstić information content (AvgIpc) is 3.10. The van der Waals surface area contributed by atoms with E-state index in [-0.39, 0.29) is 97.9 Å². The van der Waals surface area contributed by atoms with Crippen LogP contribution in [0.2, 0.25) is 0 Å². The molecule has 0 saturated heterocycles. The highest BCUT2D eigenvalue weighted by Crippen LogP contribution is 2.42. The standard InChI is InChI=1S/C34H52N8O8/c35-11-3-1-5-21(37)33(49)41(17-19-43)15-13-39-23-7-8-24(40-14-16-42(18-20-44)34(50)22(38)6-2-4-12-36)28-27(23)31(47)29-25(45)9-10-26(46)30(29)32(28)48/h7-10,21-22,39-40,43-46H,1-6,11-20,35-38H2/t21-,22+. The maximum atomic E-state index is 13.9. The topological polar surface area (TPSA) is 284 Å². The van der Waals surface area contributed by atoms with Gasteiger partial charge in [-0.15, -0.1) is 0 Å². The number of aromatic hydroxyl groups is 2. The van der Waals surface area contributed by atoms with Gasteiger partial charge in [0.1, 0.15) is 11.5 Å². The molecule has 1 aliphatic rings. The van der Waals surface area contributed by atoms with Crippen molar-refractivity contribution in [3.8, 4) is 11.5 Å². The summed E-state index contributed by atoms with van der Waals surface area (Å²) in [7, 11) is 0. The van der Waals surface area contributed by atoms with Crippen molar-refractivity contribution in [2.75, 3.05) is 76.2 Å². The lowest BCUT2D eigenvalue weighted by molar-refractivity contribution is -0.133. The van der Waals surface area contributed by atoms with Crippen molar-refractivity contribution in [1.82, 2.24) is 9.80 Å². The highest BCUT2D eigenvalue weighted by Gasteiger charge is 2.38. The molecule has 0 aliphatic heterocycles.